The number of benzene rings is 2. The van der Waals surface area contributed by atoms with E-state index in [0.717, 1.165) is 0 Å². The van der Waals surface area contributed by atoms with Crippen LogP contribution < -0.4 is 0 Å². The van der Waals surface area contributed by atoms with E-state index in [-0.39, 0.29) is 27.3 Å². The van der Waals surface area contributed by atoms with Crippen LogP contribution in [-0.2, 0) is 4.79 Å². The summed E-state index contributed by atoms with van der Waals surface area (Å²) >= 11 is 13.1. The van der Waals surface area contributed by atoms with Crippen molar-refractivity contribution in [3.63, 3.8) is 0 Å². The molecule has 6 nitrogen and oxygen atoms in total. The van der Waals surface area contributed by atoms with Crippen molar-refractivity contribution in [2.75, 3.05) is 6.54 Å². The van der Waals surface area contributed by atoms with Gasteiger partial charge in [0.25, 0.3) is 5.91 Å². The summed E-state index contributed by atoms with van der Waals surface area (Å²) in [6, 6.07) is 9.10. The van der Waals surface area contributed by atoms with Crippen molar-refractivity contribution < 1.29 is 19.8 Å². The van der Waals surface area contributed by atoms with Crippen LogP contribution in [0.2, 0.25) is 10.0 Å². The van der Waals surface area contributed by atoms with Crippen LogP contribution in [0.15, 0.2) is 46.3 Å². The number of aliphatic imine (C=N–C) groups is 1. The van der Waals surface area contributed by atoms with Crippen LogP contribution in [0.25, 0.3) is 6.08 Å². The predicted molar refractivity (Wildman–Crippen MR) is 112 cm³/mol. The molecule has 1 fully saturated rings. The molecule has 0 saturated carbocycles. The zero-order chi connectivity index (χ0) is 20.4. The average Bonchev–Trinajstić information content (AvgIpc) is 2.94. The Morgan fingerprint density at radius 1 is 1.21 bits per heavy atom. The Bertz CT molecular complexity index is 996. The number of phenolic OH excluding ortho intramolecular Hbond substituents is 1. The molecule has 0 spiro atoms. The Kier molecular flexibility index (Phi) is 5.98. The van der Waals surface area contributed by atoms with Gasteiger partial charge in [-0.2, -0.15) is 0 Å². The molecule has 1 amide bonds. The summed E-state index contributed by atoms with van der Waals surface area (Å²) in [5.41, 5.74) is 1.27. The monoisotopic (exact) mass is 436 g/mol. The molecule has 3 rings (SSSR count). The molecule has 0 atom stereocenters. The SMILES string of the molecule is CCN1C(=O)/C(=C/c2cc(Cl)c(O)c(Cl)c2)SC1=Nc1ccc(C(=O)O)cc1. The summed E-state index contributed by atoms with van der Waals surface area (Å²) in [4.78, 5) is 30.0. The molecule has 0 unspecified atom stereocenters. The van der Waals surface area contributed by atoms with Crippen LogP contribution in [0.3, 0.4) is 0 Å². The lowest BCUT2D eigenvalue weighted by molar-refractivity contribution is -0.122. The maximum atomic E-state index is 12.7. The number of carboxylic acids is 1. The molecule has 9 heteroatoms. The fourth-order valence-electron chi connectivity index (χ4n) is 2.48. The molecule has 28 heavy (non-hydrogen) atoms. The standard InChI is InChI=1S/C19H14Cl2N2O4S/c1-2-23-17(25)15(9-10-7-13(20)16(24)14(21)8-10)28-19(23)22-12-5-3-11(4-6-12)18(26)27/h3-9,24H,2H2,1H3,(H,26,27)/b15-9-,22-19?. The molecular weight excluding hydrogens is 423 g/mol. The molecule has 2 aromatic rings. The Labute approximate surface area is 175 Å². The summed E-state index contributed by atoms with van der Waals surface area (Å²) in [5, 5.41) is 19.3. The first-order chi connectivity index (χ1) is 13.3. The molecular formula is C19H14Cl2N2O4S. The van der Waals surface area contributed by atoms with E-state index in [2.05, 4.69) is 4.99 Å². The number of rotatable bonds is 4. The Hall–Kier alpha value is -2.48. The number of hydrogen-bond donors (Lipinski definition) is 2. The van der Waals surface area contributed by atoms with Gasteiger partial charge in [0.2, 0.25) is 0 Å². The maximum absolute atomic E-state index is 12.7. The Morgan fingerprint density at radius 3 is 2.36 bits per heavy atom. The van der Waals surface area contributed by atoms with E-state index in [1.54, 1.807) is 18.2 Å². The van der Waals surface area contributed by atoms with Gasteiger partial charge in [0.1, 0.15) is 0 Å². The summed E-state index contributed by atoms with van der Waals surface area (Å²) in [5.74, 6) is -1.44. The van der Waals surface area contributed by atoms with Crippen molar-refractivity contribution in [1.29, 1.82) is 0 Å². The van der Waals surface area contributed by atoms with Gasteiger partial charge in [-0.05, 0) is 66.7 Å². The van der Waals surface area contributed by atoms with Gasteiger partial charge in [-0.1, -0.05) is 23.2 Å². The Morgan fingerprint density at radius 2 is 1.82 bits per heavy atom. The fourth-order valence-corrected chi connectivity index (χ4v) is 4.05. The lowest BCUT2D eigenvalue weighted by Gasteiger charge is -2.12. The predicted octanol–water partition coefficient (Wildman–Crippen LogP) is 5.02. The van der Waals surface area contributed by atoms with Gasteiger partial charge in [-0.25, -0.2) is 9.79 Å². The lowest BCUT2D eigenvalue weighted by atomic mass is 10.2. The zero-order valence-corrected chi connectivity index (χ0v) is 16.8. The third-order valence-electron chi connectivity index (χ3n) is 3.88. The molecule has 0 bridgehead atoms. The molecule has 0 aliphatic carbocycles. The van der Waals surface area contributed by atoms with Crippen molar-refractivity contribution in [3.05, 3.63) is 62.5 Å². The number of thioether (sulfide) groups is 1. The molecule has 2 aromatic carbocycles. The number of aromatic hydroxyl groups is 1. The molecule has 0 aromatic heterocycles. The highest BCUT2D eigenvalue weighted by atomic mass is 35.5. The number of carbonyl (C=O) groups is 2. The third kappa shape index (κ3) is 4.16. The first-order valence-corrected chi connectivity index (χ1v) is 9.69. The summed E-state index contributed by atoms with van der Waals surface area (Å²) < 4.78 is 0. The minimum Gasteiger partial charge on any atom is -0.505 e. The van der Waals surface area contributed by atoms with Crippen molar-refractivity contribution in [3.8, 4) is 5.75 Å². The van der Waals surface area contributed by atoms with Gasteiger partial charge in [-0.15, -0.1) is 0 Å². The van der Waals surface area contributed by atoms with Gasteiger partial charge in [-0.3, -0.25) is 9.69 Å². The minimum atomic E-state index is -1.02. The molecule has 144 valence electrons. The molecule has 1 saturated heterocycles. The summed E-state index contributed by atoms with van der Waals surface area (Å²) in [6.07, 6.45) is 1.63. The quantitative estimate of drug-likeness (QED) is 0.656. The van der Waals surface area contributed by atoms with E-state index < -0.39 is 5.97 Å². The average molecular weight is 437 g/mol. The van der Waals surface area contributed by atoms with Crippen molar-refractivity contribution in [1.82, 2.24) is 4.90 Å². The second-order valence-electron chi connectivity index (χ2n) is 5.74. The van der Waals surface area contributed by atoms with E-state index >= 15 is 0 Å². The number of nitrogens with zero attached hydrogens (tertiary/aromatic N) is 2. The fraction of sp³-hybridized carbons (Fsp3) is 0.105. The summed E-state index contributed by atoms with van der Waals surface area (Å²) in [7, 11) is 0. The van der Waals surface area contributed by atoms with E-state index in [9.17, 15) is 14.7 Å². The highest BCUT2D eigenvalue weighted by Gasteiger charge is 2.32. The molecule has 1 heterocycles. The number of amides is 1. The second kappa shape index (κ2) is 8.26. The number of carboxylic acid groups (broad SMARTS) is 1. The number of amidine groups is 1. The third-order valence-corrected chi connectivity index (χ3v) is 5.46. The Balaban J connectivity index is 1.93. The first kappa shape index (κ1) is 20.3. The number of hydrogen-bond acceptors (Lipinski definition) is 5. The lowest BCUT2D eigenvalue weighted by Crippen LogP contribution is -2.28. The van der Waals surface area contributed by atoms with E-state index in [4.69, 9.17) is 28.3 Å². The molecule has 0 radical (unpaired) electrons. The smallest absolute Gasteiger partial charge is 0.335 e. The van der Waals surface area contributed by atoms with Gasteiger partial charge >= 0.3 is 5.97 Å². The van der Waals surface area contributed by atoms with Crippen LogP contribution >= 0.6 is 35.0 Å². The number of halogens is 2. The van der Waals surface area contributed by atoms with Crippen LogP contribution in [0, 0.1) is 0 Å². The first-order valence-electron chi connectivity index (χ1n) is 8.11. The van der Waals surface area contributed by atoms with Gasteiger partial charge in [0, 0.05) is 6.54 Å². The van der Waals surface area contributed by atoms with Crippen LogP contribution in [0.4, 0.5) is 5.69 Å². The number of carbonyl (C=O) groups excluding carboxylic acids is 1. The number of likely N-dealkylation sites (N-methyl/N-ethyl adjacent to an activating group) is 1. The van der Waals surface area contributed by atoms with E-state index in [0.29, 0.717) is 27.9 Å². The highest BCUT2D eigenvalue weighted by molar-refractivity contribution is 8.18. The maximum Gasteiger partial charge on any atom is 0.335 e. The van der Waals surface area contributed by atoms with Crippen LogP contribution in [0.1, 0.15) is 22.8 Å². The van der Waals surface area contributed by atoms with Gasteiger partial charge in [0.15, 0.2) is 10.9 Å². The van der Waals surface area contributed by atoms with E-state index in [1.807, 2.05) is 6.92 Å². The number of phenols is 1. The number of aromatic carboxylic acids is 1. The summed E-state index contributed by atoms with van der Waals surface area (Å²) in [6.45, 7) is 2.26. The highest BCUT2D eigenvalue weighted by Crippen LogP contribution is 2.37. The molecule has 2 N–H and O–H groups in total. The minimum absolute atomic E-state index is 0.0922. The van der Waals surface area contributed by atoms with Crippen LogP contribution in [0.5, 0.6) is 5.75 Å². The van der Waals surface area contributed by atoms with Crippen LogP contribution in [-0.4, -0.2) is 38.7 Å². The van der Waals surface area contributed by atoms with Crippen molar-refractivity contribution >= 4 is 63.8 Å². The normalized spacial score (nSPS) is 17.0. The van der Waals surface area contributed by atoms with E-state index in [1.165, 1.54) is 40.9 Å². The van der Waals surface area contributed by atoms with Gasteiger partial charge in [0.05, 0.1) is 26.2 Å². The second-order valence-corrected chi connectivity index (χ2v) is 7.56. The molecule has 1 aliphatic heterocycles. The largest absolute Gasteiger partial charge is 0.505 e. The zero-order valence-electron chi connectivity index (χ0n) is 14.5. The van der Waals surface area contributed by atoms with Crippen molar-refractivity contribution in [2.45, 2.75) is 6.92 Å². The van der Waals surface area contributed by atoms with Crippen molar-refractivity contribution in [2.24, 2.45) is 4.99 Å². The topological polar surface area (TPSA) is 90.2 Å². The van der Waals surface area contributed by atoms with Gasteiger partial charge < -0.3 is 10.2 Å². The molecule has 1 aliphatic rings.